The summed E-state index contributed by atoms with van der Waals surface area (Å²) in [6, 6.07) is 6.97. The van der Waals surface area contributed by atoms with Gasteiger partial charge in [-0.2, -0.15) is 0 Å². The second-order valence-corrected chi connectivity index (χ2v) is 7.05. The van der Waals surface area contributed by atoms with Gasteiger partial charge in [-0.25, -0.2) is 4.98 Å². The molecular weight excluding hydrogens is 338 g/mol. The van der Waals surface area contributed by atoms with Crippen LogP contribution in [-0.4, -0.2) is 30.0 Å². The predicted octanol–water partition coefficient (Wildman–Crippen LogP) is 2.78. The van der Waals surface area contributed by atoms with E-state index in [1.54, 1.807) is 18.3 Å². The van der Waals surface area contributed by atoms with E-state index in [1.165, 1.54) is 11.3 Å². The van der Waals surface area contributed by atoms with Crippen molar-refractivity contribution in [2.45, 2.75) is 25.2 Å². The molecule has 1 aliphatic heterocycles. The maximum absolute atomic E-state index is 12.8. The Morgan fingerprint density at radius 2 is 2.00 bits per heavy atom. The Morgan fingerprint density at radius 1 is 1.28 bits per heavy atom. The largest absolute Gasteiger partial charge is 0.381 e. The van der Waals surface area contributed by atoms with Gasteiger partial charge in [-0.05, 0) is 42.9 Å². The number of nitrogens with two attached hydrogens (primary N) is 1. The van der Waals surface area contributed by atoms with Gasteiger partial charge in [0.05, 0.1) is 5.92 Å². The van der Waals surface area contributed by atoms with Crippen LogP contribution >= 0.6 is 11.3 Å². The third-order valence-corrected chi connectivity index (χ3v) is 5.17. The fourth-order valence-electron chi connectivity index (χ4n) is 3.07. The highest BCUT2D eigenvalue weighted by molar-refractivity contribution is 7.13. The third-order valence-electron chi connectivity index (χ3n) is 4.49. The number of aromatic nitrogens is 1. The molecule has 1 aliphatic rings. The Balaban J connectivity index is 1.79. The van der Waals surface area contributed by atoms with Crippen molar-refractivity contribution in [3.8, 4) is 0 Å². The summed E-state index contributed by atoms with van der Waals surface area (Å²) in [4.78, 5) is 28.2. The fraction of sp³-hybridized carbons (Fsp3) is 0.389. The number of carbonyl (C=O) groups excluding carboxylic acids is 2. The Kier molecular flexibility index (Phi) is 5.78. The van der Waals surface area contributed by atoms with Gasteiger partial charge >= 0.3 is 0 Å². The summed E-state index contributed by atoms with van der Waals surface area (Å²) in [6.07, 6.45) is 4.33. The number of nitrogens with zero attached hydrogens (tertiary/aromatic N) is 1. The number of ether oxygens (including phenoxy) is 1. The minimum absolute atomic E-state index is 0.0757. The minimum atomic E-state index is -0.472. The lowest BCUT2D eigenvalue weighted by molar-refractivity contribution is -0.118. The van der Waals surface area contributed by atoms with E-state index in [0.717, 1.165) is 38.0 Å². The van der Waals surface area contributed by atoms with E-state index < -0.39 is 5.91 Å². The van der Waals surface area contributed by atoms with Gasteiger partial charge in [-0.1, -0.05) is 12.1 Å². The van der Waals surface area contributed by atoms with E-state index in [2.05, 4.69) is 10.3 Å². The number of benzene rings is 1. The average Bonchev–Trinajstić information content (AvgIpc) is 3.13. The van der Waals surface area contributed by atoms with E-state index in [0.29, 0.717) is 16.6 Å². The first-order valence-electron chi connectivity index (χ1n) is 8.31. The highest BCUT2D eigenvalue weighted by Gasteiger charge is 2.26. The Hall–Kier alpha value is -2.25. The fourth-order valence-corrected chi connectivity index (χ4v) is 3.60. The second kappa shape index (κ2) is 8.22. The molecule has 1 unspecified atom stereocenters. The van der Waals surface area contributed by atoms with Crippen molar-refractivity contribution in [1.82, 2.24) is 4.98 Å². The van der Waals surface area contributed by atoms with Crippen molar-refractivity contribution >= 4 is 28.3 Å². The molecule has 0 bridgehead atoms. The van der Waals surface area contributed by atoms with E-state index >= 15 is 0 Å². The topological polar surface area (TPSA) is 94.3 Å². The molecule has 1 saturated heterocycles. The van der Waals surface area contributed by atoms with Crippen molar-refractivity contribution in [2.24, 2.45) is 11.7 Å². The molecule has 132 valence electrons. The van der Waals surface area contributed by atoms with Gasteiger partial charge < -0.3 is 15.8 Å². The lowest BCUT2D eigenvalue weighted by Crippen LogP contribution is -2.26. The number of rotatable bonds is 6. The number of carbonyl (C=O) groups is 2. The summed E-state index contributed by atoms with van der Waals surface area (Å²) in [7, 11) is 0. The Morgan fingerprint density at radius 3 is 2.60 bits per heavy atom. The van der Waals surface area contributed by atoms with Crippen LogP contribution in [0.5, 0.6) is 0 Å². The van der Waals surface area contributed by atoms with Crippen LogP contribution in [0, 0.1) is 5.92 Å². The molecule has 0 spiro atoms. The quantitative estimate of drug-likeness (QED) is 0.829. The van der Waals surface area contributed by atoms with Gasteiger partial charge in [0.2, 0.25) is 11.8 Å². The van der Waals surface area contributed by atoms with Crippen LogP contribution in [0.25, 0.3) is 0 Å². The number of thiazole rings is 1. The SMILES string of the molecule is NC(=O)c1ccc(C(CC2CCOCC2)C(=O)Nc2nccs2)cc1. The highest BCUT2D eigenvalue weighted by Crippen LogP contribution is 2.31. The Labute approximate surface area is 150 Å². The summed E-state index contributed by atoms with van der Waals surface area (Å²) in [5, 5.41) is 5.31. The van der Waals surface area contributed by atoms with Crippen LogP contribution < -0.4 is 11.1 Å². The predicted molar refractivity (Wildman–Crippen MR) is 96.6 cm³/mol. The first-order chi connectivity index (χ1) is 12.1. The van der Waals surface area contributed by atoms with Crippen molar-refractivity contribution in [2.75, 3.05) is 18.5 Å². The lowest BCUT2D eigenvalue weighted by atomic mass is 9.84. The van der Waals surface area contributed by atoms with Crippen LogP contribution in [0.3, 0.4) is 0 Å². The summed E-state index contributed by atoms with van der Waals surface area (Å²) in [6.45, 7) is 1.48. The summed E-state index contributed by atoms with van der Waals surface area (Å²) in [5.74, 6) is -0.404. The molecule has 7 heteroatoms. The third kappa shape index (κ3) is 4.64. The van der Waals surface area contributed by atoms with Gasteiger partial charge in [0, 0.05) is 30.4 Å². The molecular formula is C18H21N3O3S. The van der Waals surface area contributed by atoms with Crippen LogP contribution in [0.4, 0.5) is 5.13 Å². The molecule has 1 fully saturated rings. The first-order valence-corrected chi connectivity index (χ1v) is 9.19. The molecule has 2 amide bonds. The van der Waals surface area contributed by atoms with Crippen molar-refractivity contribution in [3.05, 3.63) is 47.0 Å². The summed E-state index contributed by atoms with van der Waals surface area (Å²) < 4.78 is 5.41. The first kappa shape index (κ1) is 17.6. The number of primary amides is 1. The van der Waals surface area contributed by atoms with Gasteiger partial charge in [-0.15, -0.1) is 11.3 Å². The molecule has 6 nitrogen and oxygen atoms in total. The zero-order chi connectivity index (χ0) is 17.6. The number of hydrogen-bond donors (Lipinski definition) is 2. The summed E-state index contributed by atoms with van der Waals surface area (Å²) in [5.41, 5.74) is 6.62. The van der Waals surface area contributed by atoms with Crippen molar-refractivity contribution < 1.29 is 14.3 Å². The average molecular weight is 359 g/mol. The number of hydrogen-bond acceptors (Lipinski definition) is 5. The molecule has 2 aromatic rings. The van der Waals surface area contributed by atoms with Crippen molar-refractivity contribution in [1.29, 1.82) is 0 Å². The van der Waals surface area contributed by atoms with Gasteiger partial charge in [-0.3, -0.25) is 9.59 Å². The number of nitrogens with one attached hydrogen (secondary N) is 1. The molecule has 3 N–H and O–H groups in total. The van der Waals surface area contributed by atoms with Gasteiger partial charge in [0.15, 0.2) is 5.13 Å². The second-order valence-electron chi connectivity index (χ2n) is 6.16. The minimum Gasteiger partial charge on any atom is -0.381 e. The van der Waals surface area contributed by atoms with Crippen molar-refractivity contribution in [3.63, 3.8) is 0 Å². The molecule has 1 aromatic heterocycles. The molecule has 25 heavy (non-hydrogen) atoms. The summed E-state index contributed by atoms with van der Waals surface area (Å²) >= 11 is 1.39. The molecule has 2 heterocycles. The van der Waals surface area contributed by atoms with Crippen LogP contribution in [0.1, 0.15) is 41.1 Å². The maximum atomic E-state index is 12.8. The Bertz CT molecular complexity index is 710. The van der Waals surface area contributed by atoms with Crippen LogP contribution in [0.15, 0.2) is 35.8 Å². The van der Waals surface area contributed by atoms with E-state index in [1.807, 2.05) is 17.5 Å². The van der Waals surface area contributed by atoms with Gasteiger partial charge in [0.1, 0.15) is 0 Å². The molecule has 0 aliphatic carbocycles. The smallest absolute Gasteiger partial charge is 0.248 e. The number of amides is 2. The molecule has 1 aromatic carbocycles. The standard InChI is InChI=1S/C18H21N3O3S/c19-16(22)14-3-1-13(2-4-14)15(11-12-5-8-24-9-6-12)17(23)21-18-20-7-10-25-18/h1-4,7,10,12,15H,5-6,8-9,11H2,(H2,19,22)(H,20,21,23). The zero-order valence-corrected chi connectivity index (χ0v) is 14.6. The highest BCUT2D eigenvalue weighted by atomic mass is 32.1. The lowest BCUT2D eigenvalue weighted by Gasteiger charge is -2.26. The normalized spacial score (nSPS) is 16.3. The zero-order valence-electron chi connectivity index (χ0n) is 13.8. The van der Waals surface area contributed by atoms with E-state index in [-0.39, 0.29) is 11.8 Å². The monoisotopic (exact) mass is 359 g/mol. The van der Waals surface area contributed by atoms with Gasteiger partial charge in [0.25, 0.3) is 0 Å². The maximum Gasteiger partial charge on any atom is 0.248 e. The van der Waals surface area contributed by atoms with E-state index in [9.17, 15) is 9.59 Å². The van der Waals surface area contributed by atoms with Crippen LogP contribution in [-0.2, 0) is 9.53 Å². The van der Waals surface area contributed by atoms with E-state index in [4.69, 9.17) is 10.5 Å². The molecule has 0 saturated carbocycles. The molecule has 0 radical (unpaired) electrons. The molecule has 1 atom stereocenters. The molecule has 3 rings (SSSR count). The van der Waals surface area contributed by atoms with Crippen LogP contribution in [0.2, 0.25) is 0 Å². The number of anilines is 1.